The lowest BCUT2D eigenvalue weighted by atomic mass is 10.1. The third kappa shape index (κ3) is 1.79. The average molecular weight is 208 g/mol. The average Bonchev–Trinajstić information content (AvgIpc) is 3.02. The summed E-state index contributed by atoms with van der Waals surface area (Å²) in [7, 11) is 0. The number of aromatic nitrogens is 1. The first kappa shape index (κ1) is 9.36. The van der Waals surface area contributed by atoms with Crippen LogP contribution in [0.25, 0.3) is 0 Å². The van der Waals surface area contributed by atoms with Crippen LogP contribution in [0.5, 0.6) is 0 Å². The largest absolute Gasteiger partial charge is 0.448 e. The molecule has 0 spiro atoms. The van der Waals surface area contributed by atoms with Gasteiger partial charge in [-0.15, -0.1) is 0 Å². The van der Waals surface area contributed by atoms with Gasteiger partial charge in [0, 0.05) is 19.1 Å². The molecule has 15 heavy (non-hydrogen) atoms. The summed E-state index contributed by atoms with van der Waals surface area (Å²) in [5.74, 6) is 1.34. The van der Waals surface area contributed by atoms with Crippen LogP contribution in [-0.4, -0.2) is 24.7 Å². The molecule has 4 nitrogen and oxygen atoms in total. The van der Waals surface area contributed by atoms with Crippen molar-refractivity contribution >= 4 is 0 Å². The number of nitrogens with one attached hydrogen (secondary N) is 1. The summed E-state index contributed by atoms with van der Waals surface area (Å²) in [6.07, 6.45) is 5.29. The van der Waals surface area contributed by atoms with Crippen molar-refractivity contribution < 1.29 is 9.15 Å². The van der Waals surface area contributed by atoms with E-state index in [2.05, 4.69) is 10.3 Å². The zero-order chi connectivity index (χ0) is 10.1. The van der Waals surface area contributed by atoms with E-state index in [1.54, 1.807) is 6.26 Å². The normalized spacial score (nSPS) is 31.2. The maximum absolute atomic E-state index is 5.58. The first-order valence-corrected chi connectivity index (χ1v) is 5.71. The summed E-state index contributed by atoms with van der Waals surface area (Å²) >= 11 is 0. The summed E-state index contributed by atoms with van der Waals surface area (Å²) in [5.41, 5.74) is 0.981. The van der Waals surface area contributed by atoms with Gasteiger partial charge in [0.1, 0.15) is 18.1 Å². The van der Waals surface area contributed by atoms with E-state index < -0.39 is 0 Å². The van der Waals surface area contributed by atoms with Crippen LogP contribution in [0.2, 0.25) is 0 Å². The van der Waals surface area contributed by atoms with E-state index in [9.17, 15) is 0 Å². The molecule has 2 unspecified atom stereocenters. The van der Waals surface area contributed by atoms with Gasteiger partial charge < -0.3 is 14.5 Å². The fourth-order valence-electron chi connectivity index (χ4n) is 2.31. The second-order valence-electron chi connectivity index (χ2n) is 4.30. The summed E-state index contributed by atoms with van der Waals surface area (Å²) in [6.45, 7) is 2.92. The van der Waals surface area contributed by atoms with Gasteiger partial charge in [-0.25, -0.2) is 4.98 Å². The lowest BCUT2D eigenvalue weighted by Crippen LogP contribution is -2.08. The van der Waals surface area contributed by atoms with Crippen molar-refractivity contribution in [1.29, 1.82) is 0 Å². The van der Waals surface area contributed by atoms with Crippen LogP contribution < -0.4 is 5.32 Å². The minimum Gasteiger partial charge on any atom is -0.448 e. The van der Waals surface area contributed by atoms with Crippen LogP contribution in [0.1, 0.15) is 42.9 Å². The number of rotatable bonds is 2. The molecule has 2 aliphatic rings. The molecule has 4 heteroatoms. The molecule has 3 heterocycles. The Labute approximate surface area is 89.0 Å². The van der Waals surface area contributed by atoms with Crippen molar-refractivity contribution in [2.75, 3.05) is 19.7 Å². The molecule has 0 radical (unpaired) electrons. The maximum atomic E-state index is 5.58. The van der Waals surface area contributed by atoms with Crippen LogP contribution in [0.4, 0.5) is 0 Å². The van der Waals surface area contributed by atoms with Crippen LogP contribution in [0.3, 0.4) is 0 Å². The summed E-state index contributed by atoms with van der Waals surface area (Å²) < 4.78 is 11.1. The highest BCUT2D eigenvalue weighted by Gasteiger charge is 2.25. The summed E-state index contributed by atoms with van der Waals surface area (Å²) in [6, 6.07) is 0. The van der Waals surface area contributed by atoms with Gasteiger partial charge in [-0.3, -0.25) is 0 Å². The molecule has 2 atom stereocenters. The molecule has 0 saturated carbocycles. The van der Waals surface area contributed by atoms with Crippen LogP contribution >= 0.6 is 0 Å². The molecular formula is C11H16N2O2. The van der Waals surface area contributed by atoms with E-state index in [4.69, 9.17) is 9.15 Å². The summed E-state index contributed by atoms with van der Waals surface area (Å²) in [4.78, 5) is 4.54. The Hall–Kier alpha value is -0.870. The third-order valence-corrected chi connectivity index (χ3v) is 3.21. The van der Waals surface area contributed by atoms with Crippen molar-refractivity contribution in [2.24, 2.45) is 0 Å². The second kappa shape index (κ2) is 3.94. The molecule has 2 aliphatic heterocycles. The zero-order valence-corrected chi connectivity index (χ0v) is 8.74. The number of ether oxygens (including phenoxy) is 1. The Balaban J connectivity index is 1.74. The predicted molar refractivity (Wildman–Crippen MR) is 54.7 cm³/mol. The molecule has 1 aromatic rings. The Bertz CT molecular complexity index is 295. The van der Waals surface area contributed by atoms with E-state index in [0.29, 0.717) is 5.92 Å². The Morgan fingerprint density at radius 1 is 1.40 bits per heavy atom. The lowest BCUT2D eigenvalue weighted by Gasteiger charge is -2.04. The second-order valence-corrected chi connectivity index (χ2v) is 4.30. The van der Waals surface area contributed by atoms with E-state index in [-0.39, 0.29) is 6.10 Å². The molecule has 1 N–H and O–H groups in total. The molecule has 0 bridgehead atoms. The Morgan fingerprint density at radius 3 is 3.13 bits per heavy atom. The van der Waals surface area contributed by atoms with Crippen molar-refractivity contribution in [3.8, 4) is 0 Å². The molecule has 0 aromatic carbocycles. The first-order chi connectivity index (χ1) is 7.43. The highest BCUT2D eigenvalue weighted by molar-refractivity contribution is 5.06. The molecule has 0 amide bonds. The number of nitrogens with zero attached hydrogens (tertiary/aromatic N) is 1. The zero-order valence-electron chi connectivity index (χ0n) is 8.74. The number of oxazole rings is 1. The summed E-state index contributed by atoms with van der Waals surface area (Å²) in [5, 5.41) is 3.32. The van der Waals surface area contributed by atoms with E-state index in [0.717, 1.165) is 50.5 Å². The lowest BCUT2D eigenvalue weighted by molar-refractivity contribution is 0.108. The molecule has 2 saturated heterocycles. The highest BCUT2D eigenvalue weighted by Crippen LogP contribution is 2.30. The predicted octanol–water partition coefficient (Wildman–Crippen LogP) is 1.60. The van der Waals surface area contributed by atoms with Crippen molar-refractivity contribution in [3.63, 3.8) is 0 Å². The Kier molecular flexibility index (Phi) is 2.46. The molecule has 1 aromatic heterocycles. The third-order valence-electron chi connectivity index (χ3n) is 3.21. The molecular weight excluding hydrogens is 192 g/mol. The van der Waals surface area contributed by atoms with Crippen LogP contribution in [0, 0.1) is 0 Å². The SMILES string of the molecule is c1oc(C2CCNC2)nc1C1CCCO1. The van der Waals surface area contributed by atoms with Gasteiger partial charge >= 0.3 is 0 Å². The number of hydrogen-bond acceptors (Lipinski definition) is 4. The van der Waals surface area contributed by atoms with Gasteiger partial charge in [-0.1, -0.05) is 0 Å². The topological polar surface area (TPSA) is 47.3 Å². The first-order valence-electron chi connectivity index (χ1n) is 5.71. The molecule has 2 fully saturated rings. The van der Waals surface area contributed by atoms with Gasteiger partial charge in [0.2, 0.25) is 0 Å². The van der Waals surface area contributed by atoms with E-state index >= 15 is 0 Å². The van der Waals surface area contributed by atoms with Crippen LogP contribution in [0.15, 0.2) is 10.7 Å². The van der Waals surface area contributed by atoms with E-state index in [1.807, 2.05) is 0 Å². The van der Waals surface area contributed by atoms with E-state index in [1.165, 1.54) is 0 Å². The highest BCUT2D eigenvalue weighted by atomic mass is 16.5. The van der Waals surface area contributed by atoms with Gasteiger partial charge in [0.05, 0.1) is 0 Å². The minimum absolute atomic E-state index is 0.178. The van der Waals surface area contributed by atoms with Gasteiger partial charge in [-0.05, 0) is 25.8 Å². The van der Waals surface area contributed by atoms with Crippen molar-refractivity contribution in [1.82, 2.24) is 10.3 Å². The smallest absolute Gasteiger partial charge is 0.198 e. The fraction of sp³-hybridized carbons (Fsp3) is 0.727. The monoisotopic (exact) mass is 208 g/mol. The van der Waals surface area contributed by atoms with Gasteiger partial charge in [0.15, 0.2) is 5.89 Å². The van der Waals surface area contributed by atoms with Gasteiger partial charge in [-0.2, -0.15) is 0 Å². The molecule has 82 valence electrons. The van der Waals surface area contributed by atoms with Crippen molar-refractivity contribution in [3.05, 3.63) is 17.8 Å². The van der Waals surface area contributed by atoms with Gasteiger partial charge in [0.25, 0.3) is 0 Å². The Morgan fingerprint density at radius 2 is 2.40 bits per heavy atom. The molecule has 0 aliphatic carbocycles. The van der Waals surface area contributed by atoms with Crippen LogP contribution in [-0.2, 0) is 4.74 Å². The fourth-order valence-corrected chi connectivity index (χ4v) is 2.31. The number of hydrogen-bond donors (Lipinski definition) is 1. The van der Waals surface area contributed by atoms with Crippen molar-refractivity contribution in [2.45, 2.75) is 31.3 Å². The quantitative estimate of drug-likeness (QED) is 0.802. The standard InChI is InChI=1S/C11H16N2O2/c1-2-10(14-5-1)9-7-15-11(13-9)8-3-4-12-6-8/h7-8,10,12H,1-6H2. The minimum atomic E-state index is 0.178. The molecule has 3 rings (SSSR count). The maximum Gasteiger partial charge on any atom is 0.198 e.